The van der Waals surface area contributed by atoms with E-state index in [0.29, 0.717) is 0 Å². The molecule has 0 nitrogen and oxygen atoms in total. The Hall–Kier alpha value is 0.690. The second kappa shape index (κ2) is 3.01. The van der Waals surface area contributed by atoms with Gasteiger partial charge >= 0.3 is 0 Å². The van der Waals surface area contributed by atoms with Crippen molar-refractivity contribution in [3.8, 4) is 0 Å². The van der Waals surface area contributed by atoms with Gasteiger partial charge in [-0.1, -0.05) is 22.4 Å². The van der Waals surface area contributed by atoms with Crippen LogP contribution in [0.3, 0.4) is 0 Å². The van der Waals surface area contributed by atoms with E-state index in [1.54, 1.807) is 0 Å². The Kier molecular flexibility index (Phi) is 2.56. The van der Waals surface area contributed by atoms with Crippen LogP contribution in [0.5, 0.6) is 0 Å². The number of thiol groups is 1. The third-order valence-electron chi connectivity index (χ3n) is 0.683. The lowest BCUT2D eigenvalue weighted by Crippen LogP contribution is -1.50. The predicted molar refractivity (Wildman–Crippen MR) is 44.2 cm³/mol. The zero-order valence-corrected chi connectivity index (χ0v) is 7.08. The van der Waals surface area contributed by atoms with Crippen LogP contribution in [0.1, 0.15) is 0 Å². The Balaban J connectivity index is 2.92. The van der Waals surface area contributed by atoms with Crippen molar-refractivity contribution < 1.29 is 0 Å². The van der Waals surface area contributed by atoms with Crippen molar-refractivity contribution in [2.24, 2.45) is 0 Å². The summed E-state index contributed by atoms with van der Waals surface area (Å²) < 4.78 is 0.824. The van der Waals surface area contributed by atoms with E-state index < -0.39 is 0 Å². The third-order valence-corrected chi connectivity index (χ3v) is 3.22. The molecule has 0 spiro atoms. The van der Waals surface area contributed by atoms with Crippen LogP contribution in [-0.4, -0.2) is 0 Å². The molecule has 0 bridgehead atoms. The largest absolute Gasteiger partial charge is 0.131 e. The van der Waals surface area contributed by atoms with Crippen molar-refractivity contribution in [3.63, 3.8) is 0 Å². The first kappa shape index (κ1) is 6.81. The van der Waals surface area contributed by atoms with E-state index in [9.17, 15) is 0 Å². The van der Waals surface area contributed by atoms with E-state index in [1.807, 2.05) is 11.4 Å². The first-order valence-electron chi connectivity index (χ1n) is 1.89. The number of halogens is 1. The third kappa shape index (κ3) is 1.35. The van der Waals surface area contributed by atoms with Crippen LogP contribution in [0.4, 0.5) is 0 Å². The Bertz CT molecular complexity index is 172. The van der Waals surface area contributed by atoms with Gasteiger partial charge in [0.25, 0.3) is 0 Å². The first-order valence-corrected chi connectivity index (χ1v) is 5.01. The van der Waals surface area contributed by atoms with Gasteiger partial charge in [-0.3, -0.25) is 0 Å². The smallest absolute Gasteiger partial charge is 0.107 e. The van der Waals surface area contributed by atoms with Crippen LogP contribution in [-0.2, 0) is 0 Å². The fourth-order valence-corrected chi connectivity index (χ4v) is 2.55. The van der Waals surface area contributed by atoms with E-state index in [0.717, 1.165) is 9.23 Å². The molecule has 0 atom stereocenters. The predicted octanol–water partition coefficient (Wildman–Crippen LogP) is 3.34. The van der Waals surface area contributed by atoms with Crippen LogP contribution < -0.4 is 0 Å². The molecule has 1 rings (SSSR count). The van der Waals surface area contributed by atoms with Gasteiger partial charge in [0, 0.05) is 4.90 Å². The summed E-state index contributed by atoms with van der Waals surface area (Å²) in [7, 11) is 1.37. The number of hydrogen-bond acceptors (Lipinski definition) is 3. The van der Waals surface area contributed by atoms with Crippen molar-refractivity contribution in [2.75, 3.05) is 0 Å². The molecule has 0 N–H and O–H groups in total. The highest BCUT2D eigenvalue weighted by atomic mass is 35.5. The van der Waals surface area contributed by atoms with Crippen molar-refractivity contribution in [1.82, 2.24) is 0 Å². The lowest BCUT2D eigenvalue weighted by atomic mass is 10.7. The van der Waals surface area contributed by atoms with Crippen molar-refractivity contribution in [1.29, 1.82) is 0 Å². The van der Waals surface area contributed by atoms with Crippen LogP contribution in [0.25, 0.3) is 0 Å². The monoisotopic (exact) mass is 182 g/mol. The lowest BCUT2D eigenvalue weighted by molar-refractivity contribution is 1.61. The van der Waals surface area contributed by atoms with Crippen molar-refractivity contribution in [2.45, 2.75) is 4.90 Å². The normalized spacial score (nSPS) is 9.75. The van der Waals surface area contributed by atoms with Crippen LogP contribution in [0.15, 0.2) is 16.3 Å². The fraction of sp³-hybridized carbons (Fsp3) is 0. The van der Waals surface area contributed by atoms with Crippen molar-refractivity contribution >= 4 is 45.4 Å². The van der Waals surface area contributed by atoms with Gasteiger partial charge in [0.1, 0.15) is 4.34 Å². The summed E-state index contributed by atoms with van der Waals surface area (Å²) in [6, 6.07) is 1.95. The van der Waals surface area contributed by atoms with E-state index >= 15 is 0 Å². The number of hydrogen-bond donors (Lipinski definition) is 1. The van der Waals surface area contributed by atoms with Gasteiger partial charge in [-0.05, 0) is 11.4 Å². The van der Waals surface area contributed by atoms with Crippen LogP contribution in [0.2, 0.25) is 4.34 Å². The molecule has 0 fully saturated rings. The van der Waals surface area contributed by atoms with Gasteiger partial charge in [0.05, 0.1) is 0 Å². The van der Waals surface area contributed by atoms with Crippen molar-refractivity contribution in [3.05, 3.63) is 15.8 Å². The molecular weight excluding hydrogens is 180 g/mol. The summed E-state index contributed by atoms with van der Waals surface area (Å²) in [6.45, 7) is 0. The van der Waals surface area contributed by atoms with Gasteiger partial charge in [0.2, 0.25) is 0 Å². The molecule has 44 valence electrons. The minimum atomic E-state index is 0.824. The van der Waals surface area contributed by atoms with E-state index in [2.05, 4.69) is 11.7 Å². The van der Waals surface area contributed by atoms with Gasteiger partial charge < -0.3 is 0 Å². The molecule has 0 aromatic carbocycles. The summed E-state index contributed by atoms with van der Waals surface area (Å²) in [5.74, 6) is 0. The highest BCUT2D eigenvalue weighted by Gasteiger charge is 1.96. The van der Waals surface area contributed by atoms with Gasteiger partial charge in [-0.2, -0.15) is 0 Å². The molecule has 1 aromatic heterocycles. The second-order valence-corrected chi connectivity index (χ2v) is 3.84. The minimum Gasteiger partial charge on any atom is -0.131 e. The summed E-state index contributed by atoms with van der Waals surface area (Å²) in [5.41, 5.74) is 0. The maximum absolute atomic E-state index is 5.69. The number of rotatable bonds is 1. The van der Waals surface area contributed by atoms with E-state index in [4.69, 9.17) is 11.6 Å². The zero-order valence-electron chi connectivity index (χ0n) is 3.80. The molecule has 0 aliphatic rings. The lowest BCUT2D eigenvalue weighted by Gasteiger charge is -1.83. The molecule has 0 radical (unpaired) electrons. The molecule has 1 heterocycles. The topological polar surface area (TPSA) is 0 Å². The molecule has 0 saturated carbocycles. The molecular formula is C4H3ClS3. The fourth-order valence-electron chi connectivity index (χ4n) is 0.345. The molecule has 0 aliphatic carbocycles. The average molecular weight is 183 g/mol. The molecule has 0 amide bonds. The van der Waals surface area contributed by atoms with Gasteiger partial charge in [-0.25, -0.2) is 0 Å². The summed E-state index contributed by atoms with van der Waals surface area (Å²) >= 11 is 11.2. The van der Waals surface area contributed by atoms with Crippen LogP contribution in [0, 0.1) is 0 Å². The highest BCUT2D eigenvalue weighted by Crippen LogP contribution is 2.33. The number of thiophene rings is 1. The van der Waals surface area contributed by atoms with E-state index in [-0.39, 0.29) is 0 Å². The van der Waals surface area contributed by atoms with Gasteiger partial charge in [-0.15, -0.1) is 23.0 Å². The Morgan fingerprint density at radius 1 is 1.75 bits per heavy atom. The standard InChI is InChI=1S/C4H3ClS3/c5-4-3(8-6)1-2-7-4/h1-2,6H. The second-order valence-electron chi connectivity index (χ2n) is 1.15. The summed E-state index contributed by atoms with van der Waals surface area (Å²) in [5, 5.41) is 1.95. The molecule has 0 saturated heterocycles. The maximum Gasteiger partial charge on any atom is 0.107 e. The first-order chi connectivity index (χ1) is 3.84. The minimum absolute atomic E-state index is 0.824. The maximum atomic E-state index is 5.69. The average Bonchev–Trinajstić information content (AvgIpc) is 2.14. The molecule has 0 aliphatic heterocycles. The van der Waals surface area contributed by atoms with Gasteiger partial charge in [0.15, 0.2) is 0 Å². The summed E-state index contributed by atoms with van der Waals surface area (Å²) in [4.78, 5) is 1.04. The SMILES string of the molecule is SSc1ccsc1Cl. The molecule has 8 heavy (non-hydrogen) atoms. The Morgan fingerprint density at radius 3 is 2.75 bits per heavy atom. The highest BCUT2D eigenvalue weighted by molar-refractivity contribution is 8.68. The van der Waals surface area contributed by atoms with Crippen LogP contribution >= 0.6 is 45.4 Å². The molecule has 0 unspecified atom stereocenters. The quantitative estimate of drug-likeness (QED) is 0.514. The molecule has 4 heteroatoms. The molecule has 1 aromatic rings. The Labute approximate surface area is 66.1 Å². The Morgan fingerprint density at radius 2 is 2.50 bits per heavy atom. The van der Waals surface area contributed by atoms with E-state index in [1.165, 1.54) is 22.1 Å². The summed E-state index contributed by atoms with van der Waals surface area (Å²) in [6.07, 6.45) is 0. The zero-order chi connectivity index (χ0) is 5.98.